The first-order chi connectivity index (χ1) is 6.77. The highest BCUT2D eigenvalue weighted by molar-refractivity contribution is 5.65. The van der Waals surface area contributed by atoms with Gasteiger partial charge in [0.05, 0.1) is 6.61 Å². The third kappa shape index (κ3) is 2.08. The maximum absolute atomic E-state index is 10.7. The molecule has 2 atom stereocenters. The lowest BCUT2D eigenvalue weighted by Crippen LogP contribution is -2.42. The fourth-order valence-electron chi connectivity index (χ4n) is 2.83. The Kier molecular flexibility index (Phi) is 3.06. The quantitative estimate of drug-likeness (QED) is 0.627. The lowest BCUT2D eigenvalue weighted by atomic mass is 9.90. The van der Waals surface area contributed by atoms with Gasteiger partial charge in [-0.3, -0.25) is 9.69 Å². The van der Waals surface area contributed by atoms with Gasteiger partial charge in [0, 0.05) is 18.9 Å². The summed E-state index contributed by atoms with van der Waals surface area (Å²) in [7, 11) is 0. The molecule has 0 N–H and O–H groups in total. The van der Waals surface area contributed by atoms with Gasteiger partial charge in [-0.25, -0.2) is 0 Å². The van der Waals surface area contributed by atoms with Crippen LogP contribution in [0, 0.1) is 5.92 Å². The van der Waals surface area contributed by atoms with E-state index in [0.29, 0.717) is 18.6 Å². The fraction of sp³-hybridized carbons (Fsp3) is 0.909. The summed E-state index contributed by atoms with van der Waals surface area (Å²) in [6.07, 6.45) is 5.12. The molecule has 0 bridgehead atoms. The van der Waals surface area contributed by atoms with Crippen LogP contribution < -0.4 is 0 Å². The minimum absolute atomic E-state index is 0.139. The van der Waals surface area contributed by atoms with Crippen molar-refractivity contribution in [2.45, 2.75) is 38.6 Å². The molecule has 2 fully saturated rings. The van der Waals surface area contributed by atoms with Gasteiger partial charge in [0.25, 0.3) is 0 Å². The van der Waals surface area contributed by atoms with Crippen LogP contribution in [0.25, 0.3) is 0 Å². The summed E-state index contributed by atoms with van der Waals surface area (Å²) in [6.45, 7) is 4.63. The minimum atomic E-state index is -0.139. The summed E-state index contributed by atoms with van der Waals surface area (Å²) in [4.78, 5) is 13.3. The summed E-state index contributed by atoms with van der Waals surface area (Å²) >= 11 is 0. The van der Waals surface area contributed by atoms with E-state index >= 15 is 0 Å². The molecule has 2 saturated heterocycles. The molecule has 0 radical (unpaired) electrons. The zero-order valence-corrected chi connectivity index (χ0v) is 8.87. The lowest BCUT2D eigenvalue weighted by Gasteiger charge is -2.36. The molecule has 3 heteroatoms. The molecule has 2 rings (SSSR count). The average molecular weight is 197 g/mol. The van der Waals surface area contributed by atoms with E-state index < -0.39 is 0 Å². The number of hydrogen-bond acceptors (Lipinski definition) is 3. The number of carbonyl (C=O) groups excluding carboxylic acids is 1. The van der Waals surface area contributed by atoms with Crippen molar-refractivity contribution in [1.82, 2.24) is 4.90 Å². The number of fused-ring (bicyclic) bond motifs is 1. The topological polar surface area (TPSA) is 29.5 Å². The highest BCUT2D eigenvalue weighted by Crippen LogP contribution is 2.31. The van der Waals surface area contributed by atoms with E-state index in [4.69, 9.17) is 4.74 Å². The number of hydrogen-bond donors (Lipinski definition) is 0. The third-order valence-corrected chi connectivity index (χ3v) is 3.48. The van der Waals surface area contributed by atoms with Crippen LogP contribution in [-0.4, -0.2) is 36.6 Å². The molecule has 0 spiro atoms. The largest absolute Gasteiger partial charge is 0.466 e. The van der Waals surface area contributed by atoms with E-state index in [1.165, 1.54) is 45.7 Å². The van der Waals surface area contributed by atoms with Crippen molar-refractivity contribution in [3.05, 3.63) is 0 Å². The zero-order valence-electron chi connectivity index (χ0n) is 8.87. The molecular weight excluding hydrogens is 178 g/mol. The smallest absolute Gasteiger partial charge is 0.302 e. The summed E-state index contributed by atoms with van der Waals surface area (Å²) in [6, 6.07) is 0.697. The van der Waals surface area contributed by atoms with Gasteiger partial charge in [0.2, 0.25) is 0 Å². The SMILES string of the molecule is CC(=O)OC[C@@H]1CCCN2CCC[C@@H]12. The van der Waals surface area contributed by atoms with Crippen molar-refractivity contribution in [1.29, 1.82) is 0 Å². The maximum Gasteiger partial charge on any atom is 0.302 e. The van der Waals surface area contributed by atoms with E-state index in [0.717, 1.165) is 0 Å². The molecular formula is C11H19NO2. The molecule has 0 aromatic carbocycles. The number of ether oxygens (including phenoxy) is 1. The van der Waals surface area contributed by atoms with E-state index in [1.807, 2.05) is 0 Å². The van der Waals surface area contributed by atoms with Gasteiger partial charge in [-0.2, -0.15) is 0 Å². The Morgan fingerprint density at radius 1 is 1.36 bits per heavy atom. The van der Waals surface area contributed by atoms with Crippen molar-refractivity contribution in [2.24, 2.45) is 5.92 Å². The van der Waals surface area contributed by atoms with Gasteiger partial charge in [-0.1, -0.05) is 0 Å². The van der Waals surface area contributed by atoms with Crippen LogP contribution in [-0.2, 0) is 9.53 Å². The second-order valence-electron chi connectivity index (χ2n) is 4.45. The van der Waals surface area contributed by atoms with Crippen LogP contribution in [0.2, 0.25) is 0 Å². The molecule has 0 aromatic rings. The summed E-state index contributed by atoms with van der Waals surface area (Å²) in [5.41, 5.74) is 0. The molecule has 3 nitrogen and oxygen atoms in total. The van der Waals surface area contributed by atoms with Crippen molar-refractivity contribution in [3.63, 3.8) is 0 Å². The number of piperidine rings is 1. The van der Waals surface area contributed by atoms with Crippen LogP contribution in [0.4, 0.5) is 0 Å². The van der Waals surface area contributed by atoms with Gasteiger partial charge < -0.3 is 4.74 Å². The highest BCUT2D eigenvalue weighted by atomic mass is 16.5. The van der Waals surface area contributed by atoms with Gasteiger partial charge in [-0.05, 0) is 38.8 Å². The third-order valence-electron chi connectivity index (χ3n) is 3.48. The molecule has 2 aliphatic heterocycles. The zero-order chi connectivity index (χ0) is 9.97. The molecule has 0 unspecified atom stereocenters. The number of carbonyl (C=O) groups is 1. The van der Waals surface area contributed by atoms with Gasteiger partial charge in [0.1, 0.15) is 0 Å². The van der Waals surface area contributed by atoms with Gasteiger partial charge >= 0.3 is 5.97 Å². The second-order valence-corrected chi connectivity index (χ2v) is 4.45. The molecule has 0 aliphatic carbocycles. The number of rotatable bonds is 2. The Balaban J connectivity index is 1.87. The maximum atomic E-state index is 10.7. The van der Waals surface area contributed by atoms with Crippen LogP contribution >= 0.6 is 0 Å². The van der Waals surface area contributed by atoms with E-state index in [1.54, 1.807) is 0 Å². The molecule has 14 heavy (non-hydrogen) atoms. The predicted molar refractivity (Wildman–Crippen MR) is 54.0 cm³/mol. The minimum Gasteiger partial charge on any atom is -0.466 e. The van der Waals surface area contributed by atoms with Crippen molar-refractivity contribution in [3.8, 4) is 0 Å². The van der Waals surface area contributed by atoms with Crippen LogP contribution in [0.5, 0.6) is 0 Å². The first kappa shape index (κ1) is 9.97. The normalized spacial score (nSPS) is 32.6. The lowest BCUT2D eigenvalue weighted by molar-refractivity contribution is -0.143. The monoisotopic (exact) mass is 197 g/mol. The van der Waals surface area contributed by atoms with E-state index in [9.17, 15) is 4.79 Å². The summed E-state index contributed by atoms with van der Waals surface area (Å²) in [5.74, 6) is 0.454. The van der Waals surface area contributed by atoms with Crippen molar-refractivity contribution < 1.29 is 9.53 Å². The van der Waals surface area contributed by atoms with Crippen LogP contribution in [0.15, 0.2) is 0 Å². The molecule has 80 valence electrons. The molecule has 2 aliphatic rings. The fourth-order valence-corrected chi connectivity index (χ4v) is 2.83. The second kappa shape index (κ2) is 4.30. The highest BCUT2D eigenvalue weighted by Gasteiger charge is 2.34. The summed E-state index contributed by atoms with van der Waals surface area (Å²) in [5, 5.41) is 0. The molecule has 0 saturated carbocycles. The Morgan fingerprint density at radius 3 is 2.79 bits per heavy atom. The summed E-state index contributed by atoms with van der Waals surface area (Å²) < 4.78 is 5.12. The number of esters is 1. The Labute approximate surface area is 85.4 Å². The Bertz CT molecular complexity index is 217. The van der Waals surface area contributed by atoms with Crippen LogP contribution in [0.3, 0.4) is 0 Å². The van der Waals surface area contributed by atoms with Gasteiger partial charge in [-0.15, -0.1) is 0 Å². The van der Waals surface area contributed by atoms with Crippen molar-refractivity contribution in [2.75, 3.05) is 19.7 Å². The Morgan fingerprint density at radius 2 is 2.07 bits per heavy atom. The standard InChI is InChI=1S/C11H19NO2/c1-9(13)14-8-10-4-2-6-12-7-3-5-11(10)12/h10-11H,2-8H2,1H3/t10-,11-/m0/s1. The average Bonchev–Trinajstić information content (AvgIpc) is 2.62. The predicted octanol–water partition coefficient (Wildman–Crippen LogP) is 1.42. The van der Waals surface area contributed by atoms with Gasteiger partial charge in [0.15, 0.2) is 0 Å². The molecule has 0 aromatic heterocycles. The first-order valence-electron chi connectivity index (χ1n) is 5.65. The van der Waals surface area contributed by atoms with Crippen LogP contribution in [0.1, 0.15) is 32.6 Å². The molecule has 0 amide bonds. The Hall–Kier alpha value is -0.570. The molecule has 2 heterocycles. The number of nitrogens with zero attached hydrogens (tertiary/aromatic N) is 1. The van der Waals surface area contributed by atoms with Crippen molar-refractivity contribution >= 4 is 5.97 Å². The van der Waals surface area contributed by atoms with E-state index in [2.05, 4.69) is 4.90 Å². The first-order valence-corrected chi connectivity index (χ1v) is 5.65. The van der Waals surface area contributed by atoms with E-state index in [-0.39, 0.29) is 5.97 Å².